The number of aliphatic hydroxyl groups excluding tert-OH is 1. The maximum atomic E-state index is 10.6. The Labute approximate surface area is 141 Å². The van der Waals surface area contributed by atoms with Crippen LogP contribution in [-0.2, 0) is 13.1 Å². The summed E-state index contributed by atoms with van der Waals surface area (Å²) in [4.78, 5) is 2.14. The van der Waals surface area contributed by atoms with Gasteiger partial charge in [-0.25, -0.2) is 0 Å². The Hall–Kier alpha value is -2.55. The van der Waals surface area contributed by atoms with E-state index in [2.05, 4.69) is 11.0 Å². The van der Waals surface area contributed by atoms with Crippen molar-refractivity contribution in [2.45, 2.75) is 19.2 Å². The molecule has 3 rings (SSSR count). The molecule has 1 atom stereocenters. The monoisotopic (exact) mass is 324 g/mol. The van der Waals surface area contributed by atoms with Crippen molar-refractivity contribution < 1.29 is 14.6 Å². The zero-order valence-electron chi connectivity index (χ0n) is 13.8. The van der Waals surface area contributed by atoms with E-state index in [9.17, 15) is 5.11 Å². The van der Waals surface area contributed by atoms with E-state index in [1.54, 1.807) is 20.3 Å². The first-order chi connectivity index (χ1) is 11.7. The molecule has 1 aliphatic heterocycles. The lowest BCUT2D eigenvalue weighted by Crippen LogP contribution is -2.33. The summed E-state index contributed by atoms with van der Waals surface area (Å²) in [5.74, 6) is 1.43. The standard InChI is InChI=1S/C19H20N2O3/c1-23-17-6-7-18(24-2)19-15(17)11-21(12-16(19)22)10-14-5-3-4-13(8-14)9-20/h3-8,16,22H,10-12H2,1-2H3/t16-/m1/s1. The fraction of sp³-hybridized carbons (Fsp3) is 0.316. The Morgan fingerprint density at radius 3 is 2.67 bits per heavy atom. The SMILES string of the molecule is COc1ccc(OC)c2c1CN(Cc1cccc(C#N)c1)C[C@H]2O. The predicted octanol–water partition coefficient (Wildman–Crippen LogP) is 2.62. The number of rotatable bonds is 4. The fourth-order valence-electron chi connectivity index (χ4n) is 3.26. The van der Waals surface area contributed by atoms with Crippen molar-refractivity contribution >= 4 is 0 Å². The van der Waals surface area contributed by atoms with Crippen LogP contribution >= 0.6 is 0 Å². The van der Waals surface area contributed by atoms with Crippen LogP contribution in [0.5, 0.6) is 11.5 Å². The van der Waals surface area contributed by atoms with Crippen LogP contribution in [0.3, 0.4) is 0 Å². The van der Waals surface area contributed by atoms with Crippen molar-refractivity contribution in [3.05, 3.63) is 58.7 Å². The summed E-state index contributed by atoms with van der Waals surface area (Å²) in [6.07, 6.45) is -0.641. The van der Waals surface area contributed by atoms with Crippen LogP contribution in [-0.4, -0.2) is 30.8 Å². The second kappa shape index (κ2) is 6.91. The van der Waals surface area contributed by atoms with Crippen LogP contribution in [0.2, 0.25) is 0 Å². The molecule has 24 heavy (non-hydrogen) atoms. The molecular formula is C19H20N2O3. The van der Waals surface area contributed by atoms with Crippen LogP contribution in [0.15, 0.2) is 36.4 Å². The smallest absolute Gasteiger partial charge is 0.125 e. The van der Waals surface area contributed by atoms with Crippen molar-refractivity contribution in [1.29, 1.82) is 5.26 Å². The third-order valence-corrected chi connectivity index (χ3v) is 4.32. The van der Waals surface area contributed by atoms with Crippen molar-refractivity contribution in [2.75, 3.05) is 20.8 Å². The van der Waals surface area contributed by atoms with Crippen molar-refractivity contribution in [3.8, 4) is 17.6 Å². The molecule has 5 nitrogen and oxygen atoms in total. The number of hydrogen-bond donors (Lipinski definition) is 1. The van der Waals surface area contributed by atoms with Gasteiger partial charge in [-0.2, -0.15) is 5.26 Å². The molecule has 1 aliphatic rings. The summed E-state index contributed by atoms with van der Waals surface area (Å²) in [6, 6.07) is 13.4. The van der Waals surface area contributed by atoms with Gasteiger partial charge in [0.1, 0.15) is 11.5 Å². The minimum absolute atomic E-state index is 0.507. The number of hydrogen-bond acceptors (Lipinski definition) is 5. The molecule has 0 aromatic heterocycles. The Morgan fingerprint density at radius 1 is 1.21 bits per heavy atom. The number of methoxy groups -OCH3 is 2. The molecule has 5 heteroatoms. The molecule has 0 spiro atoms. The molecule has 0 radical (unpaired) electrons. The summed E-state index contributed by atoms with van der Waals surface area (Å²) < 4.78 is 10.9. The highest BCUT2D eigenvalue weighted by Gasteiger charge is 2.29. The van der Waals surface area contributed by atoms with Gasteiger partial charge in [-0.3, -0.25) is 4.90 Å². The molecule has 0 saturated heterocycles. The quantitative estimate of drug-likeness (QED) is 0.936. The minimum Gasteiger partial charge on any atom is -0.496 e. The predicted molar refractivity (Wildman–Crippen MR) is 89.8 cm³/mol. The first-order valence-electron chi connectivity index (χ1n) is 7.79. The summed E-state index contributed by atoms with van der Waals surface area (Å²) in [5.41, 5.74) is 3.45. The van der Waals surface area contributed by atoms with E-state index in [0.717, 1.165) is 22.4 Å². The number of ether oxygens (including phenoxy) is 2. The lowest BCUT2D eigenvalue weighted by molar-refractivity contribution is 0.0843. The number of nitriles is 1. The van der Waals surface area contributed by atoms with Gasteiger partial charge in [0.2, 0.25) is 0 Å². The van der Waals surface area contributed by atoms with E-state index in [1.165, 1.54) is 0 Å². The van der Waals surface area contributed by atoms with Gasteiger partial charge in [0.05, 0.1) is 32.0 Å². The summed E-state index contributed by atoms with van der Waals surface area (Å²) in [7, 11) is 3.23. The first kappa shape index (κ1) is 16.3. The van der Waals surface area contributed by atoms with E-state index < -0.39 is 6.10 Å². The Balaban J connectivity index is 1.90. The van der Waals surface area contributed by atoms with Gasteiger partial charge < -0.3 is 14.6 Å². The van der Waals surface area contributed by atoms with Gasteiger partial charge in [-0.15, -0.1) is 0 Å². The molecule has 0 saturated carbocycles. The summed E-state index contributed by atoms with van der Waals surface area (Å²) in [5, 5.41) is 19.6. The maximum Gasteiger partial charge on any atom is 0.125 e. The minimum atomic E-state index is -0.641. The highest BCUT2D eigenvalue weighted by molar-refractivity contribution is 5.51. The second-order valence-corrected chi connectivity index (χ2v) is 5.86. The van der Waals surface area contributed by atoms with Gasteiger partial charge in [0.25, 0.3) is 0 Å². The molecule has 0 unspecified atom stereocenters. The van der Waals surface area contributed by atoms with Gasteiger partial charge in [0.15, 0.2) is 0 Å². The molecule has 1 N–H and O–H groups in total. The van der Waals surface area contributed by atoms with Crippen molar-refractivity contribution in [3.63, 3.8) is 0 Å². The van der Waals surface area contributed by atoms with Gasteiger partial charge >= 0.3 is 0 Å². The van der Waals surface area contributed by atoms with Crippen LogP contribution in [0, 0.1) is 11.3 Å². The van der Waals surface area contributed by atoms with Gasteiger partial charge in [0, 0.05) is 30.8 Å². The average Bonchev–Trinajstić information content (AvgIpc) is 2.60. The zero-order valence-corrected chi connectivity index (χ0v) is 13.8. The second-order valence-electron chi connectivity index (χ2n) is 5.86. The summed E-state index contributed by atoms with van der Waals surface area (Å²) >= 11 is 0. The summed E-state index contributed by atoms with van der Waals surface area (Å²) in [6.45, 7) is 1.82. The van der Waals surface area contributed by atoms with Gasteiger partial charge in [-0.05, 0) is 29.8 Å². The molecule has 0 bridgehead atoms. The topological polar surface area (TPSA) is 65.7 Å². The Morgan fingerprint density at radius 2 is 1.96 bits per heavy atom. The molecule has 124 valence electrons. The largest absolute Gasteiger partial charge is 0.496 e. The molecule has 2 aromatic carbocycles. The van der Waals surface area contributed by atoms with Crippen LogP contribution < -0.4 is 9.47 Å². The van der Waals surface area contributed by atoms with E-state index in [-0.39, 0.29) is 0 Å². The molecule has 2 aromatic rings. The van der Waals surface area contributed by atoms with Crippen LogP contribution in [0.25, 0.3) is 0 Å². The molecule has 1 heterocycles. The number of aliphatic hydroxyl groups is 1. The third kappa shape index (κ3) is 3.07. The fourth-order valence-corrected chi connectivity index (χ4v) is 3.26. The Kier molecular flexibility index (Phi) is 4.70. The number of fused-ring (bicyclic) bond motifs is 1. The lowest BCUT2D eigenvalue weighted by atomic mass is 9.94. The van der Waals surface area contributed by atoms with E-state index in [1.807, 2.05) is 30.3 Å². The number of β-amino-alcohol motifs (C(OH)–C–C–N with tert-alkyl or cyclic N) is 1. The highest BCUT2D eigenvalue weighted by atomic mass is 16.5. The number of benzene rings is 2. The molecule has 0 fully saturated rings. The lowest BCUT2D eigenvalue weighted by Gasteiger charge is -2.34. The Bertz CT molecular complexity index is 783. The van der Waals surface area contributed by atoms with Crippen LogP contribution in [0.4, 0.5) is 0 Å². The zero-order chi connectivity index (χ0) is 17.1. The van der Waals surface area contributed by atoms with Crippen molar-refractivity contribution in [1.82, 2.24) is 4.90 Å². The third-order valence-electron chi connectivity index (χ3n) is 4.32. The number of nitrogens with zero attached hydrogens (tertiary/aromatic N) is 2. The van der Waals surface area contributed by atoms with Gasteiger partial charge in [-0.1, -0.05) is 12.1 Å². The molecule has 0 aliphatic carbocycles. The normalized spacial score (nSPS) is 17.0. The maximum absolute atomic E-state index is 10.6. The van der Waals surface area contributed by atoms with E-state index in [4.69, 9.17) is 14.7 Å². The highest BCUT2D eigenvalue weighted by Crippen LogP contribution is 2.39. The average molecular weight is 324 g/mol. The van der Waals surface area contributed by atoms with E-state index in [0.29, 0.717) is 30.9 Å². The molecule has 0 amide bonds. The molecular weight excluding hydrogens is 304 g/mol. The van der Waals surface area contributed by atoms with Crippen molar-refractivity contribution in [2.24, 2.45) is 0 Å². The van der Waals surface area contributed by atoms with E-state index >= 15 is 0 Å². The first-order valence-corrected chi connectivity index (χ1v) is 7.79. The van der Waals surface area contributed by atoms with Crippen LogP contribution in [0.1, 0.15) is 28.4 Å².